The first-order valence-electron chi connectivity index (χ1n) is 6.74. The average molecular weight is 299 g/mol. The third-order valence-electron chi connectivity index (χ3n) is 3.35. The van der Waals surface area contributed by atoms with Crippen molar-refractivity contribution < 1.29 is 13.2 Å². The molecule has 3 aromatic rings. The Hall–Kier alpha value is -2.67. The van der Waals surface area contributed by atoms with Gasteiger partial charge >= 0.3 is 6.18 Å². The van der Waals surface area contributed by atoms with E-state index in [1.165, 1.54) is 6.07 Å². The first-order chi connectivity index (χ1) is 10.5. The van der Waals surface area contributed by atoms with Gasteiger partial charge in [0.25, 0.3) is 0 Å². The number of benzene rings is 2. The van der Waals surface area contributed by atoms with Gasteiger partial charge in [-0.2, -0.15) is 13.2 Å². The highest BCUT2D eigenvalue weighted by Gasteiger charge is 2.30. The van der Waals surface area contributed by atoms with Crippen molar-refractivity contribution in [3.8, 4) is 11.8 Å². The summed E-state index contributed by atoms with van der Waals surface area (Å²) in [5.74, 6) is 5.71. The lowest BCUT2D eigenvalue weighted by atomic mass is 10.1. The molecular weight excluding hydrogens is 287 g/mol. The second-order valence-electron chi connectivity index (χ2n) is 4.88. The van der Waals surface area contributed by atoms with Gasteiger partial charge in [0.05, 0.1) is 12.1 Å². The molecule has 4 heteroatoms. The molecule has 3 rings (SSSR count). The molecule has 1 aromatic heterocycles. The van der Waals surface area contributed by atoms with Crippen molar-refractivity contribution in [1.82, 2.24) is 4.57 Å². The molecule has 1 nitrogen and oxygen atoms in total. The second-order valence-corrected chi connectivity index (χ2v) is 4.88. The van der Waals surface area contributed by atoms with Crippen LogP contribution in [0.15, 0.2) is 60.8 Å². The van der Waals surface area contributed by atoms with Crippen molar-refractivity contribution in [3.63, 3.8) is 0 Å². The Morgan fingerprint density at radius 3 is 2.59 bits per heavy atom. The second kappa shape index (κ2) is 5.61. The number of alkyl halides is 3. The summed E-state index contributed by atoms with van der Waals surface area (Å²) in [6, 6.07) is 15.0. The number of fused-ring (bicyclic) bond motifs is 1. The fourth-order valence-corrected chi connectivity index (χ4v) is 2.28. The molecule has 0 N–H and O–H groups in total. The van der Waals surface area contributed by atoms with E-state index in [1.54, 1.807) is 6.07 Å². The SMILES string of the molecule is FC(F)(F)c1cccc(C#CCn2ccc3ccccc32)c1. The number of para-hydroxylation sites is 1. The lowest BCUT2D eigenvalue weighted by molar-refractivity contribution is -0.137. The van der Waals surface area contributed by atoms with Crippen molar-refractivity contribution in [2.24, 2.45) is 0 Å². The van der Waals surface area contributed by atoms with Crippen LogP contribution in [0.3, 0.4) is 0 Å². The van der Waals surface area contributed by atoms with E-state index in [4.69, 9.17) is 0 Å². The molecule has 0 fully saturated rings. The van der Waals surface area contributed by atoms with Gasteiger partial charge in [-0.1, -0.05) is 36.1 Å². The van der Waals surface area contributed by atoms with Crippen LogP contribution in [0.1, 0.15) is 11.1 Å². The zero-order valence-corrected chi connectivity index (χ0v) is 11.6. The van der Waals surface area contributed by atoms with Crippen molar-refractivity contribution in [2.45, 2.75) is 12.7 Å². The predicted octanol–water partition coefficient (Wildman–Crippen LogP) is 4.71. The molecule has 0 amide bonds. The third kappa shape index (κ3) is 2.99. The summed E-state index contributed by atoms with van der Waals surface area (Å²) in [6.07, 6.45) is -2.42. The minimum Gasteiger partial charge on any atom is -0.336 e. The molecule has 0 aliphatic heterocycles. The van der Waals surface area contributed by atoms with Gasteiger partial charge in [-0.05, 0) is 35.7 Å². The van der Waals surface area contributed by atoms with Crippen LogP contribution in [0.5, 0.6) is 0 Å². The largest absolute Gasteiger partial charge is 0.416 e. The Bertz CT molecular complexity index is 863. The predicted molar refractivity (Wildman–Crippen MR) is 80.3 cm³/mol. The van der Waals surface area contributed by atoms with E-state index in [1.807, 2.05) is 41.1 Å². The fourth-order valence-electron chi connectivity index (χ4n) is 2.28. The van der Waals surface area contributed by atoms with Crippen LogP contribution in [0.4, 0.5) is 13.2 Å². The van der Waals surface area contributed by atoms with Crippen molar-refractivity contribution in [3.05, 3.63) is 71.9 Å². The van der Waals surface area contributed by atoms with E-state index in [9.17, 15) is 13.2 Å². The molecule has 0 atom stereocenters. The molecule has 22 heavy (non-hydrogen) atoms. The Balaban J connectivity index is 1.82. The van der Waals surface area contributed by atoms with Gasteiger partial charge < -0.3 is 4.57 Å². The van der Waals surface area contributed by atoms with Crippen LogP contribution in [-0.4, -0.2) is 4.57 Å². The summed E-state index contributed by atoms with van der Waals surface area (Å²) >= 11 is 0. The normalized spacial score (nSPS) is 11.2. The quantitative estimate of drug-likeness (QED) is 0.573. The summed E-state index contributed by atoms with van der Waals surface area (Å²) in [5, 5.41) is 1.11. The zero-order valence-electron chi connectivity index (χ0n) is 11.6. The topological polar surface area (TPSA) is 4.93 Å². The van der Waals surface area contributed by atoms with Crippen molar-refractivity contribution in [2.75, 3.05) is 0 Å². The molecular formula is C18H12F3N. The number of hydrogen-bond acceptors (Lipinski definition) is 0. The highest BCUT2D eigenvalue weighted by molar-refractivity contribution is 5.80. The van der Waals surface area contributed by atoms with Gasteiger partial charge in [0, 0.05) is 17.3 Å². The van der Waals surface area contributed by atoms with Crippen LogP contribution in [-0.2, 0) is 12.7 Å². The molecule has 0 saturated heterocycles. The highest BCUT2D eigenvalue weighted by atomic mass is 19.4. The number of halogens is 3. The van der Waals surface area contributed by atoms with Gasteiger partial charge in [-0.15, -0.1) is 0 Å². The Morgan fingerprint density at radius 1 is 0.955 bits per heavy atom. The van der Waals surface area contributed by atoms with E-state index in [0.717, 1.165) is 23.0 Å². The maximum atomic E-state index is 12.6. The van der Waals surface area contributed by atoms with Crippen LogP contribution < -0.4 is 0 Å². The smallest absolute Gasteiger partial charge is 0.336 e. The van der Waals surface area contributed by atoms with E-state index in [-0.39, 0.29) is 0 Å². The minimum atomic E-state index is -4.34. The van der Waals surface area contributed by atoms with E-state index in [2.05, 4.69) is 11.8 Å². The Morgan fingerprint density at radius 2 is 1.77 bits per heavy atom. The van der Waals surface area contributed by atoms with Crippen LogP contribution in [0, 0.1) is 11.8 Å². The van der Waals surface area contributed by atoms with Crippen molar-refractivity contribution >= 4 is 10.9 Å². The standard InChI is InChI=1S/C18H12F3N/c19-18(20,21)16-8-3-5-14(13-16)6-4-11-22-12-10-15-7-1-2-9-17(15)22/h1-3,5,7-10,12-13H,11H2. The summed E-state index contributed by atoms with van der Waals surface area (Å²) in [4.78, 5) is 0. The molecule has 0 aliphatic carbocycles. The summed E-state index contributed by atoms with van der Waals surface area (Å²) in [6.45, 7) is 0.434. The Kier molecular flexibility index (Phi) is 3.64. The van der Waals surface area contributed by atoms with Gasteiger partial charge in [-0.25, -0.2) is 0 Å². The van der Waals surface area contributed by atoms with E-state index >= 15 is 0 Å². The molecule has 0 aliphatic rings. The molecule has 0 radical (unpaired) electrons. The first kappa shape index (κ1) is 14.3. The third-order valence-corrected chi connectivity index (χ3v) is 3.35. The molecule has 110 valence electrons. The summed E-state index contributed by atoms with van der Waals surface area (Å²) in [5.41, 5.74) is 0.748. The fraction of sp³-hybridized carbons (Fsp3) is 0.111. The summed E-state index contributed by atoms with van der Waals surface area (Å²) < 4.78 is 39.9. The van der Waals surface area contributed by atoms with Crippen molar-refractivity contribution in [1.29, 1.82) is 0 Å². The van der Waals surface area contributed by atoms with Crippen LogP contribution >= 0.6 is 0 Å². The zero-order chi connectivity index (χ0) is 15.6. The molecule has 2 aromatic carbocycles. The van der Waals surface area contributed by atoms with Gasteiger partial charge in [-0.3, -0.25) is 0 Å². The van der Waals surface area contributed by atoms with E-state index < -0.39 is 11.7 Å². The van der Waals surface area contributed by atoms with Gasteiger partial charge in [0.15, 0.2) is 0 Å². The highest BCUT2D eigenvalue weighted by Crippen LogP contribution is 2.29. The molecule has 0 saturated carbocycles. The first-order valence-corrected chi connectivity index (χ1v) is 6.74. The monoisotopic (exact) mass is 299 g/mol. The molecule has 0 spiro atoms. The molecule has 0 bridgehead atoms. The average Bonchev–Trinajstić information content (AvgIpc) is 2.90. The molecule has 1 heterocycles. The Labute approximate surface area is 126 Å². The maximum Gasteiger partial charge on any atom is 0.416 e. The van der Waals surface area contributed by atoms with E-state index in [0.29, 0.717) is 12.1 Å². The summed E-state index contributed by atoms with van der Waals surface area (Å²) in [7, 11) is 0. The number of nitrogens with zero attached hydrogens (tertiary/aromatic N) is 1. The lowest BCUT2D eigenvalue weighted by Crippen LogP contribution is -2.04. The maximum absolute atomic E-state index is 12.6. The minimum absolute atomic E-state index is 0.367. The van der Waals surface area contributed by atoms with Crippen LogP contribution in [0.2, 0.25) is 0 Å². The van der Waals surface area contributed by atoms with Gasteiger partial charge in [0.2, 0.25) is 0 Å². The molecule has 0 unspecified atom stereocenters. The number of hydrogen-bond donors (Lipinski definition) is 0. The number of rotatable bonds is 1. The van der Waals surface area contributed by atoms with Crippen LogP contribution in [0.25, 0.3) is 10.9 Å². The van der Waals surface area contributed by atoms with Gasteiger partial charge in [0.1, 0.15) is 0 Å². The number of aromatic nitrogens is 1. The lowest BCUT2D eigenvalue weighted by Gasteiger charge is -2.05.